The highest BCUT2D eigenvalue weighted by atomic mass is 16.5. The topological polar surface area (TPSA) is 91.0 Å². The molecule has 1 aromatic heterocycles. The molecule has 0 unspecified atom stereocenters. The molecule has 138 valence electrons. The van der Waals surface area contributed by atoms with Crippen molar-refractivity contribution in [3.05, 3.63) is 42.1 Å². The molecule has 0 amide bonds. The second-order valence-electron chi connectivity index (χ2n) is 5.89. The van der Waals surface area contributed by atoms with E-state index in [1.807, 2.05) is 30.3 Å². The second kappa shape index (κ2) is 8.94. The fourth-order valence-corrected chi connectivity index (χ4v) is 2.40. The van der Waals surface area contributed by atoms with Crippen LogP contribution in [0.4, 0.5) is 5.69 Å². The molecule has 2 aromatic rings. The SMILES string of the molecule is CCCOc1ccc(CN=C(N)Nc2ccc3c(c2)OCCCO3)cn1. The van der Waals surface area contributed by atoms with E-state index in [1.54, 1.807) is 6.20 Å². The van der Waals surface area contributed by atoms with E-state index in [2.05, 4.69) is 22.2 Å². The molecule has 3 rings (SSSR count). The summed E-state index contributed by atoms with van der Waals surface area (Å²) in [6.45, 7) is 4.47. The molecule has 0 fully saturated rings. The van der Waals surface area contributed by atoms with Gasteiger partial charge in [0.05, 0.1) is 26.4 Å². The predicted molar refractivity (Wildman–Crippen MR) is 101 cm³/mol. The average molecular weight is 356 g/mol. The van der Waals surface area contributed by atoms with Crippen LogP contribution in [0.1, 0.15) is 25.3 Å². The monoisotopic (exact) mass is 356 g/mol. The zero-order valence-corrected chi connectivity index (χ0v) is 14.9. The number of ether oxygens (including phenoxy) is 3. The number of aromatic nitrogens is 1. The zero-order chi connectivity index (χ0) is 18.2. The van der Waals surface area contributed by atoms with Crippen molar-refractivity contribution in [3.8, 4) is 17.4 Å². The first-order chi connectivity index (χ1) is 12.7. The summed E-state index contributed by atoms with van der Waals surface area (Å²) < 4.78 is 16.8. The van der Waals surface area contributed by atoms with Crippen molar-refractivity contribution in [1.82, 2.24) is 4.98 Å². The third-order valence-electron chi connectivity index (χ3n) is 3.70. The van der Waals surface area contributed by atoms with Crippen LogP contribution in [-0.4, -0.2) is 30.8 Å². The number of nitrogens with two attached hydrogens (primary N) is 1. The first-order valence-corrected chi connectivity index (χ1v) is 8.79. The lowest BCUT2D eigenvalue weighted by molar-refractivity contribution is 0.297. The van der Waals surface area contributed by atoms with Gasteiger partial charge < -0.3 is 25.3 Å². The van der Waals surface area contributed by atoms with Crippen LogP contribution in [0.2, 0.25) is 0 Å². The maximum Gasteiger partial charge on any atom is 0.213 e. The highest BCUT2D eigenvalue weighted by molar-refractivity contribution is 5.92. The number of rotatable bonds is 6. The van der Waals surface area contributed by atoms with E-state index in [-0.39, 0.29) is 0 Å². The van der Waals surface area contributed by atoms with Gasteiger partial charge in [-0.1, -0.05) is 13.0 Å². The lowest BCUT2D eigenvalue weighted by atomic mass is 10.2. The van der Waals surface area contributed by atoms with Crippen molar-refractivity contribution in [3.63, 3.8) is 0 Å². The maximum atomic E-state index is 5.98. The number of guanidine groups is 1. The van der Waals surface area contributed by atoms with Crippen molar-refractivity contribution in [2.24, 2.45) is 10.7 Å². The Morgan fingerprint density at radius 3 is 2.85 bits per heavy atom. The number of anilines is 1. The summed E-state index contributed by atoms with van der Waals surface area (Å²) in [7, 11) is 0. The highest BCUT2D eigenvalue weighted by Crippen LogP contribution is 2.32. The Morgan fingerprint density at radius 2 is 2.08 bits per heavy atom. The number of fused-ring (bicyclic) bond motifs is 1. The van der Waals surface area contributed by atoms with Crippen LogP contribution in [0.25, 0.3) is 0 Å². The van der Waals surface area contributed by atoms with Crippen molar-refractivity contribution in [2.45, 2.75) is 26.3 Å². The van der Waals surface area contributed by atoms with Gasteiger partial charge in [0.15, 0.2) is 17.5 Å². The number of nitrogens with zero attached hydrogens (tertiary/aromatic N) is 2. The van der Waals surface area contributed by atoms with Crippen molar-refractivity contribution >= 4 is 11.6 Å². The summed E-state index contributed by atoms with van der Waals surface area (Å²) in [5.41, 5.74) is 7.74. The fourth-order valence-electron chi connectivity index (χ4n) is 2.40. The molecule has 0 saturated carbocycles. The first-order valence-electron chi connectivity index (χ1n) is 8.79. The minimum Gasteiger partial charge on any atom is -0.490 e. The third kappa shape index (κ3) is 5.02. The van der Waals surface area contributed by atoms with Crippen LogP contribution in [-0.2, 0) is 6.54 Å². The van der Waals surface area contributed by atoms with Gasteiger partial charge in [0.1, 0.15) is 0 Å². The number of hydrogen-bond acceptors (Lipinski definition) is 5. The summed E-state index contributed by atoms with van der Waals surface area (Å²) in [4.78, 5) is 8.59. The number of benzene rings is 1. The molecule has 1 aliphatic heterocycles. The summed E-state index contributed by atoms with van der Waals surface area (Å²) >= 11 is 0. The van der Waals surface area contributed by atoms with Gasteiger partial charge in [0.25, 0.3) is 0 Å². The van der Waals surface area contributed by atoms with Gasteiger partial charge in [-0.2, -0.15) is 0 Å². The summed E-state index contributed by atoms with van der Waals surface area (Å²) in [6.07, 6.45) is 3.57. The highest BCUT2D eigenvalue weighted by Gasteiger charge is 2.10. The molecular weight excluding hydrogens is 332 g/mol. The van der Waals surface area contributed by atoms with E-state index >= 15 is 0 Å². The Kier molecular flexibility index (Phi) is 6.14. The van der Waals surface area contributed by atoms with E-state index in [1.165, 1.54) is 0 Å². The summed E-state index contributed by atoms with van der Waals surface area (Å²) in [6, 6.07) is 9.40. The smallest absolute Gasteiger partial charge is 0.213 e. The van der Waals surface area contributed by atoms with Crippen LogP contribution < -0.4 is 25.3 Å². The molecule has 7 nitrogen and oxygen atoms in total. The van der Waals surface area contributed by atoms with Crippen molar-refractivity contribution in [1.29, 1.82) is 0 Å². The van der Waals surface area contributed by atoms with Gasteiger partial charge in [-0.3, -0.25) is 0 Å². The summed E-state index contributed by atoms with van der Waals surface area (Å²) in [5.74, 6) is 2.41. The van der Waals surface area contributed by atoms with E-state index in [0.29, 0.717) is 44.0 Å². The van der Waals surface area contributed by atoms with Crippen molar-refractivity contribution < 1.29 is 14.2 Å². The maximum absolute atomic E-state index is 5.98. The minimum atomic E-state index is 0.325. The molecule has 1 aromatic carbocycles. The Balaban J connectivity index is 1.57. The largest absolute Gasteiger partial charge is 0.490 e. The van der Waals surface area contributed by atoms with E-state index in [9.17, 15) is 0 Å². The number of hydrogen-bond donors (Lipinski definition) is 2. The fraction of sp³-hybridized carbons (Fsp3) is 0.368. The molecule has 0 bridgehead atoms. The number of pyridine rings is 1. The number of nitrogens with one attached hydrogen (secondary N) is 1. The Bertz CT molecular complexity index is 747. The van der Waals surface area contributed by atoms with Gasteiger partial charge in [-0.05, 0) is 24.1 Å². The molecule has 0 radical (unpaired) electrons. The lowest BCUT2D eigenvalue weighted by Gasteiger charge is -2.10. The van der Waals surface area contributed by atoms with Crippen molar-refractivity contribution in [2.75, 3.05) is 25.1 Å². The van der Waals surface area contributed by atoms with Crippen LogP contribution in [0.15, 0.2) is 41.5 Å². The van der Waals surface area contributed by atoms with Gasteiger partial charge >= 0.3 is 0 Å². The normalized spacial score (nSPS) is 13.8. The molecule has 1 aliphatic rings. The average Bonchev–Trinajstić information content (AvgIpc) is 2.90. The van der Waals surface area contributed by atoms with Crippen LogP contribution in [0.5, 0.6) is 17.4 Å². The second-order valence-corrected chi connectivity index (χ2v) is 5.89. The predicted octanol–water partition coefficient (Wildman–Crippen LogP) is 2.96. The zero-order valence-electron chi connectivity index (χ0n) is 14.9. The van der Waals surface area contributed by atoms with Crippen LogP contribution in [0.3, 0.4) is 0 Å². The molecular formula is C19H24N4O3. The Labute approximate surface area is 153 Å². The Hall–Kier alpha value is -2.96. The van der Waals surface area contributed by atoms with E-state index in [4.69, 9.17) is 19.9 Å². The molecule has 26 heavy (non-hydrogen) atoms. The molecule has 0 aliphatic carbocycles. The molecule has 2 heterocycles. The van der Waals surface area contributed by atoms with Gasteiger partial charge in [-0.25, -0.2) is 9.98 Å². The molecule has 0 spiro atoms. The van der Waals surface area contributed by atoms with E-state index < -0.39 is 0 Å². The number of aliphatic imine (C=N–C) groups is 1. The lowest BCUT2D eigenvalue weighted by Crippen LogP contribution is -2.22. The van der Waals surface area contributed by atoms with Gasteiger partial charge in [0, 0.05) is 30.4 Å². The standard InChI is InChI=1S/C19H24N4O3/c1-2-8-26-18-7-4-14(12-21-18)13-22-19(20)23-15-5-6-16-17(11-15)25-10-3-9-24-16/h4-7,11-12H,2-3,8-10,13H2,1H3,(H3,20,22,23). The third-order valence-corrected chi connectivity index (χ3v) is 3.70. The van der Waals surface area contributed by atoms with Gasteiger partial charge in [0.2, 0.25) is 5.88 Å². The molecule has 7 heteroatoms. The van der Waals surface area contributed by atoms with Crippen LogP contribution >= 0.6 is 0 Å². The molecule has 0 saturated heterocycles. The Morgan fingerprint density at radius 1 is 1.23 bits per heavy atom. The first kappa shape index (κ1) is 17.8. The van der Waals surface area contributed by atoms with Gasteiger partial charge in [-0.15, -0.1) is 0 Å². The minimum absolute atomic E-state index is 0.325. The summed E-state index contributed by atoms with van der Waals surface area (Å²) in [5, 5.41) is 3.07. The molecule has 3 N–H and O–H groups in total. The van der Waals surface area contributed by atoms with Crippen LogP contribution in [0, 0.1) is 0 Å². The quantitative estimate of drug-likeness (QED) is 0.611. The molecule has 0 atom stereocenters. The van der Waals surface area contributed by atoms with E-state index in [0.717, 1.165) is 29.8 Å².